The first-order valence-corrected chi connectivity index (χ1v) is 7.46. The molecule has 2 nitrogen and oxygen atoms in total. The van der Waals surface area contributed by atoms with Crippen LogP contribution in [0.3, 0.4) is 0 Å². The van der Waals surface area contributed by atoms with Crippen LogP contribution in [0, 0.1) is 5.82 Å². The average Bonchev–Trinajstić information content (AvgIpc) is 2.41. The molecule has 0 radical (unpaired) electrons. The predicted molar refractivity (Wildman–Crippen MR) is 72.5 cm³/mol. The monoisotopic (exact) mass is 316 g/mol. The topological polar surface area (TPSA) is 18.5 Å². The minimum absolute atomic E-state index is 0.119. The van der Waals surface area contributed by atoms with Crippen molar-refractivity contribution in [3.8, 4) is 0 Å². The Hall–Kier alpha value is -0.450. The molecule has 18 heavy (non-hydrogen) atoms. The first-order chi connectivity index (χ1) is 8.79. The summed E-state index contributed by atoms with van der Waals surface area (Å²) in [5, 5.41) is 0.656. The van der Waals surface area contributed by atoms with Gasteiger partial charge >= 0.3 is 0 Å². The van der Waals surface area contributed by atoms with Crippen molar-refractivity contribution in [2.75, 3.05) is 18.5 Å². The highest BCUT2D eigenvalue weighted by Gasteiger charge is 2.17. The molecule has 1 fully saturated rings. The highest BCUT2D eigenvalue weighted by Crippen LogP contribution is 2.22. The van der Waals surface area contributed by atoms with Crippen molar-refractivity contribution in [1.29, 1.82) is 0 Å². The molecule has 1 heterocycles. The summed E-state index contributed by atoms with van der Waals surface area (Å²) in [6, 6.07) is 6.56. The number of hydrogen-bond acceptors (Lipinski definition) is 2. The van der Waals surface area contributed by atoms with Gasteiger partial charge in [-0.2, -0.15) is 0 Å². The van der Waals surface area contributed by atoms with E-state index in [1.54, 1.807) is 6.07 Å². The first kappa shape index (κ1) is 14.0. The highest BCUT2D eigenvalue weighted by atomic mass is 79.9. The van der Waals surface area contributed by atoms with E-state index in [-0.39, 0.29) is 18.0 Å². The van der Waals surface area contributed by atoms with Gasteiger partial charge < -0.3 is 9.47 Å². The van der Waals surface area contributed by atoms with Gasteiger partial charge in [0.15, 0.2) is 0 Å². The highest BCUT2D eigenvalue weighted by molar-refractivity contribution is 9.09. The minimum Gasteiger partial charge on any atom is -0.376 e. The molecule has 0 saturated carbocycles. The summed E-state index contributed by atoms with van der Waals surface area (Å²) in [5.41, 5.74) is 0.864. The molecule has 0 bridgehead atoms. The normalized spacial score (nSPS) is 21.8. The molecule has 2 atom stereocenters. The minimum atomic E-state index is -0.226. The second-order valence-electron chi connectivity index (χ2n) is 4.52. The van der Waals surface area contributed by atoms with Crippen LogP contribution in [0.25, 0.3) is 0 Å². The Labute approximate surface area is 116 Å². The lowest BCUT2D eigenvalue weighted by Crippen LogP contribution is -2.25. The number of halogens is 2. The quantitative estimate of drug-likeness (QED) is 0.768. The Morgan fingerprint density at radius 3 is 3.00 bits per heavy atom. The van der Waals surface area contributed by atoms with Crippen LogP contribution in [0.4, 0.5) is 4.39 Å². The van der Waals surface area contributed by atoms with E-state index >= 15 is 0 Å². The zero-order valence-electron chi connectivity index (χ0n) is 10.3. The average molecular weight is 317 g/mol. The van der Waals surface area contributed by atoms with Gasteiger partial charge in [-0.05, 0) is 37.0 Å². The van der Waals surface area contributed by atoms with E-state index in [0.29, 0.717) is 11.9 Å². The molecule has 2 unspecified atom stereocenters. The zero-order valence-corrected chi connectivity index (χ0v) is 11.9. The van der Waals surface area contributed by atoms with Crippen molar-refractivity contribution in [3.05, 3.63) is 35.6 Å². The Bertz CT molecular complexity index is 367. The van der Waals surface area contributed by atoms with Crippen molar-refractivity contribution in [2.24, 2.45) is 0 Å². The van der Waals surface area contributed by atoms with Gasteiger partial charge in [-0.25, -0.2) is 4.39 Å². The van der Waals surface area contributed by atoms with Crippen molar-refractivity contribution in [3.63, 3.8) is 0 Å². The lowest BCUT2D eigenvalue weighted by atomic mass is 10.1. The van der Waals surface area contributed by atoms with Gasteiger partial charge in [0.1, 0.15) is 5.82 Å². The molecule has 4 heteroatoms. The van der Waals surface area contributed by atoms with Gasteiger partial charge in [-0.15, -0.1) is 0 Å². The number of hydrogen-bond donors (Lipinski definition) is 0. The Morgan fingerprint density at radius 1 is 1.44 bits per heavy atom. The molecule has 1 aromatic rings. The lowest BCUT2D eigenvalue weighted by molar-refractivity contribution is -0.0586. The maximum absolute atomic E-state index is 13.2. The molecule has 1 aromatic carbocycles. The molecule has 0 aromatic heterocycles. The second-order valence-corrected chi connectivity index (χ2v) is 5.17. The maximum Gasteiger partial charge on any atom is 0.123 e. The fourth-order valence-corrected chi connectivity index (χ4v) is 2.66. The van der Waals surface area contributed by atoms with Crippen molar-refractivity contribution < 1.29 is 13.9 Å². The standard InChI is InChI=1S/C14H18BrFO2/c15-9-14(11-4-3-5-12(16)8-11)18-10-13-6-1-2-7-17-13/h3-5,8,13-14H,1-2,6-7,9-10H2. The van der Waals surface area contributed by atoms with E-state index in [1.165, 1.54) is 18.6 Å². The summed E-state index contributed by atoms with van der Waals surface area (Å²) in [6.45, 7) is 1.40. The molecule has 1 aliphatic rings. The molecule has 2 rings (SSSR count). The summed E-state index contributed by atoms with van der Waals surface area (Å²) in [5.74, 6) is -0.226. The van der Waals surface area contributed by atoms with Gasteiger partial charge in [0, 0.05) is 11.9 Å². The molecular formula is C14H18BrFO2. The zero-order chi connectivity index (χ0) is 12.8. The Kier molecular flexibility index (Phi) is 5.60. The second kappa shape index (κ2) is 7.22. The first-order valence-electron chi connectivity index (χ1n) is 6.34. The molecule has 1 aliphatic heterocycles. The van der Waals surface area contributed by atoms with Crippen LogP contribution >= 0.6 is 15.9 Å². The molecule has 0 aliphatic carbocycles. The number of ether oxygens (including phenoxy) is 2. The fourth-order valence-electron chi connectivity index (χ4n) is 2.10. The summed E-state index contributed by atoms with van der Waals surface area (Å²) in [7, 11) is 0. The van der Waals surface area contributed by atoms with Crippen LogP contribution in [0.2, 0.25) is 0 Å². The maximum atomic E-state index is 13.2. The van der Waals surface area contributed by atoms with E-state index in [2.05, 4.69) is 15.9 Å². The van der Waals surface area contributed by atoms with Gasteiger partial charge in [-0.1, -0.05) is 28.1 Å². The summed E-state index contributed by atoms with van der Waals surface area (Å²) in [4.78, 5) is 0. The Balaban J connectivity index is 1.88. The summed E-state index contributed by atoms with van der Waals surface area (Å²) < 4.78 is 24.6. The van der Waals surface area contributed by atoms with Crippen molar-refractivity contribution in [1.82, 2.24) is 0 Å². The third kappa shape index (κ3) is 4.04. The van der Waals surface area contributed by atoms with Crippen molar-refractivity contribution >= 4 is 15.9 Å². The molecule has 1 saturated heterocycles. The van der Waals surface area contributed by atoms with Crippen LogP contribution < -0.4 is 0 Å². The van der Waals surface area contributed by atoms with Gasteiger partial charge in [-0.3, -0.25) is 0 Å². The van der Waals surface area contributed by atoms with Gasteiger partial charge in [0.05, 0.1) is 18.8 Å². The largest absolute Gasteiger partial charge is 0.376 e. The van der Waals surface area contributed by atoms with Crippen LogP contribution in [0.15, 0.2) is 24.3 Å². The van der Waals surface area contributed by atoms with E-state index < -0.39 is 0 Å². The lowest BCUT2D eigenvalue weighted by Gasteiger charge is -2.25. The number of rotatable bonds is 5. The molecular weight excluding hydrogens is 299 g/mol. The molecule has 100 valence electrons. The van der Waals surface area contributed by atoms with Crippen LogP contribution in [0.5, 0.6) is 0 Å². The molecule has 0 N–H and O–H groups in total. The van der Waals surface area contributed by atoms with Gasteiger partial charge in [0.25, 0.3) is 0 Å². The van der Waals surface area contributed by atoms with Crippen molar-refractivity contribution in [2.45, 2.75) is 31.5 Å². The van der Waals surface area contributed by atoms with Crippen LogP contribution in [-0.2, 0) is 9.47 Å². The van der Waals surface area contributed by atoms with E-state index in [4.69, 9.17) is 9.47 Å². The van der Waals surface area contributed by atoms with E-state index in [0.717, 1.165) is 25.0 Å². The van der Waals surface area contributed by atoms with Crippen LogP contribution in [0.1, 0.15) is 30.9 Å². The van der Waals surface area contributed by atoms with Gasteiger partial charge in [0.2, 0.25) is 0 Å². The Morgan fingerprint density at radius 2 is 2.33 bits per heavy atom. The smallest absolute Gasteiger partial charge is 0.123 e. The predicted octanol–water partition coefficient (Wildman–Crippen LogP) is 3.85. The third-order valence-electron chi connectivity index (χ3n) is 3.12. The summed E-state index contributed by atoms with van der Waals surface area (Å²) in [6.07, 6.45) is 3.47. The van der Waals surface area contributed by atoms with E-state index in [9.17, 15) is 4.39 Å². The molecule has 0 spiro atoms. The summed E-state index contributed by atoms with van der Waals surface area (Å²) >= 11 is 3.41. The number of alkyl halides is 1. The van der Waals surface area contributed by atoms with E-state index in [1.807, 2.05) is 6.07 Å². The van der Waals surface area contributed by atoms with Crippen LogP contribution in [-0.4, -0.2) is 24.6 Å². The molecule has 0 amide bonds. The third-order valence-corrected chi connectivity index (χ3v) is 3.71. The SMILES string of the molecule is Fc1cccc(C(CBr)OCC2CCCCO2)c1. The number of benzene rings is 1. The fraction of sp³-hybridized carbons (Fsp3) is 0.571.